The monoisotopic (exact) mass is 421 g/mol. The Morgan fingerprint density at radius 3 is 2.84 bits per heavy atom. The first-order valence-corrected chi connectivity index (χ1v) is 11.2. The number of aryl methyl sites for hydroxylation is 2. The van der Waals surface area contributed by atoms with Gasteiger partial charge in [-0.15, -0.1) is 0 Å². The van der Waals surface area contributed by atoms with E-state index in [1.54, 1.807) is 10.9 Å². The fraction of sp³-hybridized carbons (Fsp3) is 0.636. The van der Waals surface area contributed by atoms with Crippen molar-refractivity contribution >= 4 is 17.5 Å². The van der Waals surface area contributed by atoms with Gasteiger partial charge in [-0.1, -0.05) is 6.92 Å². The Kier molecular flexibility index (Phi) is 5.07. The highest BCUT2D eigenvalue weighted by atomic mass is 15.4. The van der Waals surface area contributed by atoms with Crippen LogP contribution in [0.4, 0.5) is 17.5 Å². The highest BCUT2D eigenvalue weighted by Crippen LogP contribution is 2.38. The molecule has 164 valence electrons. The minimum atomic E-state index is -0.0685. The van der Waals surface area contributed by atoms with Gasteiger partial charge in [-0.05, 0) is 19.3 Å². The van der Waals surface area contributed by atoms with Crippen molar-refractivity contribution in [3.05, 3.63) is 24.2 Å². The van der Waals surface area contributed by atoms with Gasteiger partial charge in [0.25, 0.3) is 0 Å². The Hall–Kier alpha value is -2.70. The maximum Gasteiger partial charge on any atom is 0.229 e. The summed E-state index contributed by atoms with van der Waals surface area (Å²) in [4.78, 5) is 16.8. The summed E-state index contributed by atoms with van der Waals surface area (Å²) >= 11 is 0. The van der Waals surface area contributed by atoms with Gasteiger partial charge >= 0.3 is 0 Å². The number of aromatic nitrogens is 4. The third-order valence-electron chi connectivity index (χ3n) is 7.08. The Bertz CT molecular complexity index is 987. The van der Waals surface area contributed by atoms with Crippen LogP contribution in [0.3, 0.4) is 0 Å². The normalized spacial score (nSPS) is 25.7. The van der Waals surface area contributed by atoms with Gasteiger partial charge in [0.15, 0.2) is 0 Å². The largest absolute Gasteiger partial charge is 0.352 e. The lowest BCUT2D eigenvalue weighted by atomic mass is 9.83. The van der Waals surface area contributed by atoms with E-state index in [1.165, 1.54) is 13.0 Å². The molecule has 9 heteroatoms. The average Bonchev–Trinajstić information content (AvgIpc) is 3.29. The summed E-state index contributed by atoms with van der Waals surface area (Å²) in [6.07, 6.45) is 7.36. The third kappa shape index (κ3) is 3.75. The SMILES string of the molecule is Cc1cnc(Nc2cnn(C)c2)nc1N1CC(CC#N)(N2CCN3CC(C)CC3C2)C1. The van der Waals surface area contributed by atoms with Crippen LogP contribution in [0.5, 0.6) is 0 Å². The predicted octanol–water partition coefficient (Wildman–Crippen LogP) is 1.76. The molecule has 2 aromatic rings. The molecule has 1 N–H and O–H groups in total. The molecular formula is C22H31N9. The van der Waals surface area contributed by atoms with Crippen molar-refractivity contribution in [2.24, 2.45) is 13.0 Å². The maximum absolute atomic E-state index is 9.60. The Labute approximate surface area is 183 Å². The van der Waals surface area contributed by atoms with E-state index in [1.807, 2.05) is 26.4 Å². The molecule has 3 aliphatic rings. The number of hydrogen-bond acceptors (Lipinski definition) is 8. The number of hydrogen-bond donors (Lipinski definition) is 1. The summed E-state index contributed by atoms with van der Waals surface area (Å²) in [6.45, 7) is 10.6. The fourth-order valence-corrected chi connectivity index (χ4v) is 5.54. The molecule has 0 aromatic carbocycles. The van der Waals surface area contributed by atoms with E-state index in [9.17, 15) is 5.26 Å². The van der Waals surface area contributed by atoms with E-state index in [0.717, 1.165) is 55.7 Å². The van der Waals surface area contributed by atoms with Crippen molar-refractivity contribution in [2.45, 2.75) is 38.3 Å². The van der Waals surface area contributed by atoms with Gasteiger partial charge in [0.1, 0.15) is 5.82 Å². The van der Waals surface area contributed by atoms with Crippen molar-refractivity contribution < 1.29 is 0 Å². The van der Waals surface area contributed by atoms with Crippen LogP contribution in [-0.4, -0.2) is 80.4 Å². The summed E-state index contributed by atoms with van der Waals surface area (Å²) < 4.78 is 1.74. The minimum Gasteiger partial charge on any atom is -0.352 e. The van der Waals surface area contributed by atoms with Crippen molar-refractivity contribution in [3.8, 4) is 6.07 Å². The molecule has 2 aromatic heterocycles. The van der Waals surface area contributed by atoms with Gasteiger partial charge in [0.2, 0.25) is 5.95 Å². The zero-order valence-electron chi connectivity index (χ0n) is 18.6. The Morgan fingerprint density at radius 1 is 1.26 bits per heavy atom. The zero-order valence-corrected chi connectivity index (χ0v) is 18.6. The Balaban J connectivity index is 1.30. The van der Waals surface area contributed by atoms with Crippen molar-refractivity contribution in [3.63, 3.8) is 0 Å². The number of nitrogens with zero attached hydrogens (tertiary/aromatic N) is 8. The molecule has 0 amide bonds. The third-order valence-corrected chi connectivity index (χ3v) is 7.08. The van der Waals surface area contributed by atoms with Crippen LogP contribution in [0.25, 0.3) is 0 Å². The molecule has 0 radical (unpaired) electrons. The molecular weight excluding hydrogens is 390 g/mol. The molecule has 9 nitrogen and oxygen atoms in total. The summed E-state index contributed by atoms with van der Waals surface area (Å²) in [6, 6.07) is 3.12. The lowest BCUT2D eigenvalue weighted by Crippen LogP contribution is -2.73. The van der Waals surface area contributed by atoms with E-state index in [-0.39, 0.29) is 5.54 Å². The second-order valence-electron chi connectivity index (χ2n) is 9.58. The number of nitriles is 1. The minimum absolute atomic E-state index is 0.0685. The van der Waals surface area contributed by atoms with Gasteiger partial charge in [0, 0.05) is 70.3 Å². The van der Waals surface area contributed by atoms with Crippen LogP contribution in [0.1, 0.15) is 25.3 Å². The van der Waals surface area contributed by atoms with Gasteiger partial charge in [-0.3, -0.25) is 14.5 Å². The van der Waals surface area contributed by atoms with Crippen LogP contribution < -0.4 is 10.2 Å². The maximum atomic E-state index is 9.60. The molecule has 0 aliphatic carbocycles. The van der Waals surface area contributed by atoms with Crippen molar-refractivity contribution in [1.82, 2.24) is 29.5 Å². The first kappa shape index (κ1) is 20.2. The molecule has 3 saturated heterocycles. The highest BCUT2D eigenvalue weighted by Gasteiger charge is 2.51. The first-order valence-electron chi connectivity index (χ1n) is 11.2. The summed E-state index contributed by atoms with van der Waals surface area (Å²) in [7, 11) is 1.88. The smallest absolute Gasteiger partial charge is 0.229 e. The predicted molar refractivity (Wildman–Crippen MR) is 119 cm³/mol. The lowest BCUT2D eigenvalue weighted by Gasteiger charge is -2.58. The number of rotatable bonds is 5. The number of fused-ring (bicyclic) bond motifs is 1. The summed E-state index contributed by atoms with van der Waals surface area (Å²) in [5.41, 5.74) is 1.85. The van der Waals surface area contributed by atoms with E-state index in [2.05, 4.69) is 43.1 Å². The molecule has 5 rings (SSSR count). The molecule has 0 bridgehead atoms. The van der Waals surface area contributed by atoms with E-state index < -0.39 is 0 Å². The Morgan fingerprint density at radius 2 is 2.10 bits per heavy atom. The molecule has 2 atom stereocenters. The topological polar surface area (TPSA) is 89.1 Å². The first-order chi connectivity index (χ1) is 15.0. The standard InChI is InChI=1S/C22H31N9/c1-16-8-19-13-31(7-6-29(19)11-16)22(4-5-23)14-30(15-22)20-17(2)9-24-21(27-20)26-18-10-25-28(3)12-18/h9-10,12,16,19H,4,6-8,11,13-15H2,1-3H3,(H,24,26,27). The van der Waals surface area contributed by atoms with Gasteiger partial charge < -0.3 is 10.2 Å². The molecule has 2 unspecified atom stereocenters. The molecule has 31 heavy (non-hydrogen) atoms. The second-order valence-corrected chi connectivity index (χ2v) is 9.58. The quantitative estimate of drug-likeness (QED) is 0.781. The highest BCUT2D eigenvalue weighted by molar-refractivity contribution is 5.57. The zero-order chi connectivity index (χ0) is 21.6. The number of piperazine rings is 1. The van der Waals surface area contributed by atoms with Gasteiger partial charge in [0.05, 0.1) is 29.9 Å². The van der Waals surface area contributed by atoms with Crippen LogP contribution in [0.2, 0.25) is 0 Å². The van der Waals surface area contributed by atoms with E-state index in [0.29, 0.717) is 18.4 Å². The lowest BCUT2D eigenvalue weighted by molar-refractivity contribution is -0.000599. The van der Waals surface area contributed by atoms with Crippen molar-refractivity contribution in [2.75, 3.05) is 49.5 Å². The van der Waals surface area contributed by atoms with E-state index in [4.69, 9.17) is 4.98 Å². The molecule has 0 spiro atoms. The number of nitrogens with one attached hydrogen (secondary N) is 1. The summed E-state index contributed by atoms with van der Waals surface area (Å²) in [5.74, 6) is 2.30. The molecule has 3 aliphatic heterocycles. The van der Waals surface area contributed by atoms with Gasteiger partial charge in [-0.2, -0.15) is 15.3 Å². The van der Waals surface area contributed by atoms with Crippen molar-refractivity contribution in [1.29, 1.82) is 5.26 Å². The van der Waals surface area contributed by atoms with Crippen LogP contribution in [0, 0.1) is 24.2 Å². The van der Waals surface area contributed by atoms with Crippen LogP contribution in [-0.2, 0) is 7.05 Å². The number of anilines is 3. The van der Waals surface area contributed by atoms with E-state index >= 15 is 0 Å². The average molecular weight is 422 g/mol. The molecule has 3 fully saturated rings. The van der Waals surface area contributed by atoms with Gasteiger partial charge in [-0.25, -0.2) is 4.98 Å². The molecule has 0 saturated carbocycles. The van der Waals surface area contributed by atoms with Crippen LogP contribution in [0.15, 0.2) is 18.6 Å². The summed E-state index contributed by atoms with van der Waals surface area (Å²) in [5, 5.41) is 17.0. The molecule has 5 heterocycles. The second kappa shape index (κ2) is 7.77. The van der Waals surface area contributed by atoms with Crippen LogP contribution >= 0.6 is 0 Å². The fourth-order valence-electron chi connectivity index (χ4n) is 5.54.